The van der Waals surface area contributed by atoms with Crippen LogP contribution in [0.1, 0.15) is 12.8 Å². The maximum Gasteiger partial charge on any atom is 0.319 e. The zero-order valence-corrected chi connectivity index (χ0v) is 10.5. The monoisotopic (exact) mass is 261 g/mol. The lowest BCUT2D eigenvalue weighted by Gasteiger charge is -2.18. The number of aromatic nitrogens is 1. The SMILES string of the molecule is O=C(NC[C@@H]1C[C@@H]2C=C[C@H]1C2)Nc1cncc(F)c1. The zero-order valence-electron chi connectivity index (χ0n) is 10.5. The number of halogens is 1. The second kappa shape index (κ2) is 4.99. The molecule has 0 radical (unpaired) electrons. The third-order valence-electron chi connectivity index (χ3n) is 3.90. The van der Waals surface area contributed by atoms with E-state index in [4.69, 9.17) is 0 Å². The van der Waals surface area contributed by atoms with Crippen LogP contribution >= 0.6 is 0 Å². The predicted octanol–water partition coefficient (Wildman–Crippen LogP) is 2.55. The summed E-state index contributed by atoms with van der Waals surface area (Å²) in [5, 5.41) is 5.42. The molecule has 3 rings (SSSR count). The zero-order chi connectivity index (χ0) is 13.2. The highest BCUT2D eigenvalue weighted by molar-refractivity contribution is 5.88. The molecule has 0 saturated heterocycles. The van der Waals surface area contributed by atoms with Crippen molar-refractivity contribution in [2.75, 3.05) is 11.9 Å². The Bertz CT molecular complexity index is 517. The number of allylic oxidation sites excluding steroid dienone is 2. The van der Waals surface area contributed by atoms with Gasteiger partial charge in [-0.25, -0.2) is 9.18 Å². The Labute approximate surface area is 111 Å². The van der Waals surface area contributed by atoms with Crippen molar-refractivity contribution in [2.24, 2.45) is 17.8 Å². The summed E-state index contributed by atoms with van der Waals surface area (Å²) in [4.78, 5) is 15.4. The van der Waals surface area contributed by atoms with Gasteiger partial charge in [-0.1, -0.05) is 12.2 Å². The molecule has 0 aliphatic heterocycles. The first-order valence-electron chi connectivity index (χ1n) is 6.54. The van der Waals surface area contributed by atoms with Crippen molar-refractivity contribution in [3.05, 3.63) is 36.4 Å². The molecule has 1 aromatic heterocycles. The highest BCUT2D eigenvalue weighted by Crippen LogP contribution is 2.42. The highest BCUT2D eigenvalue weighted by Gasteiger charge is 2.35. The normalized spacial score (nSPS) is 27.5. The molecule has 19 heavy (non-hydrogen) atoms. The number of amides is 2. The minimum Gasteiger partial charge on any atom is -0.338 e. The Morgan fingerprint density at radius 2 is 2.26 bits per heavy atom. The fraction of sp³-hybridized carbons (Fsp3) is 0.429. The largest absolute Gasteiger partial charge is 0.338 e. The molecule has 100 valence electrons. The number of carbonyl (C=O) groups is 1. The topological polar surface area (TPSA) is 54.0 Å². The van der Waals surface area contributed by atoms with Crippen LogP contribution in [0.3, 0.4) is 0 Å². The summed E-state index contributed by atoms with van der Waals surface area (Å²) in [6.07, 6.45) is 9.44. The van der Waals surface area contributed by atoms with Gasteiger partial charge in [-0.15, -0.1) is 0 Å². The molecule has 2 aliphatic rings. The van der Waals surface area contributed by atoms with Gasteiger partial charge < -0.3 is 10.6 Å². The molecule has 2 bridgehead atoms. The van der Waals surface area contributed by atoms with Gasteiger partial charge in [0.25, 0.3) is 0 Å². The molecule has 1 aromatic rings. The average molecular weight is 261 g/mol. The lowest BCUT2D eigenvalue weighted by atomic mass is 9.94. The summed E-state index contributed by atoms with van der Waals surface area (Å²) in [6.45, 7) is 0.667. The van der Waals surface area contributed by atoms with Gasteiger partial charge in [0.1, 0.15) is 5.82 Å². The predicted molar refractivity (Wildman–Crippen MR) is 70.1 cm³/mol. The van der Waals surface area contributed by atoms with Crippen molar-refractivity contribution in [2.45, 2.75) is 12.8 Å². The summed E-state index contributed by atoms with van der Waals surface area (Å²) >= 11 is 0. The number of pyridine rings is 1. The van der Waals surface area contributed by atoms with Gasteiger partial charge in [-0.3, -0.25) is 4.98 Å². The minimum atomic E-state index is -0.462. The number of hydrogen-bond donors (Lipinski definition) is 2. The van der Waals surface area contributed by atoms with Crippen LogP contribution < -0.4 is 10.6 Å². The maximum absolute atomic E-state index is 12.9. The number of nitrogens with one attached hydrogen (secondary N) is 2. The van der Waals surface area contributed by atoms with Crippen molar-refractivity contribution in [3.63, 3.8) is 0 Å². The number of hydrogen-bond acceptors (Lipinski definition) is 2. The van der Waals surface area contributed by atoms with Crippen LogP contribution in [-0.2, 0) is 0 Å². The van der Waals surface area contributed by atoms with E-state index in [0.717, 1.165) is 12.6 Å². The number of fused-ring (bicyclic) bond motifs is 2. The molecule has 0 unspecified atom stereocenters. The van der Waals surface area contributed by atoms with Crippen molar-refractivity contribution >= 4 is 11.7 Å². The minimum absolute atomic E-state index is 0.306. The van der Waals surface area contributed by atoms with Gasteiger partial charge in [-0.2, -0.15) is 0 Å². The lowest BCUT2D eigenvalue weighted by molar-refractivity contribution is 0.249. The van der Waals surface area contributed by atoms with E-state index in [0.29, 0.717) is 30.0 Å². The molecule has 0 spiro atoms. The number of urea groups is 1. The molecule has 2 aliphatic carbocycles. The van der Waals surface area contributed by atoms with Crippen LogP contribution in [0.2, 0.25) is 0 Å². The van der Waals surface area contributed by atoms with Gasteiger partial charge in [0.2, 0.25) is 0 Å². The quantitative estimate of drug-likeness (QED) is 0.822. The first-order chi connectivity index (χ1) is 9.20. The van der Waals surface area contributed by atoms with Crippen LogP contribution in [0.15, 0.2) is 30.6 Å². The smallest absolute Gasteiger partial charge is 0.319 e. The Balaban J connectivity index is 1.48. The van der Waals surface area contributed by atoms with Crippen LogP contribution in [0, 0.1) is 23.6 Å². The van der Waals surface area contributed by atoms with Gasteiger partial charge in [0.15, 0.2) is 0 Å². The van der Waals surface area contributed by atoms with Crippen molar-refractivity contribution in [3.8, 4) is 0 Å². The van der Waals surface area contributed by atoms with E-state index >= 15 is 0 Å². The van der Waals surface area contributed by atoms with E-state index in [2.05, 4.69) is 27.8 Å². The number of carbonyl (C=O) groups excluding carboxylic acids is 1. The van der Waals surface area contributed by atoms with Crippen LogP contribution in [-0.4, -0.2) is 17.6 Å². The average Bonchev–Trinajstić information content (AvgIpc) is 2.98. The van der Waals surface area contributed by atoms with E-state index in [1.54, 1.807) is 0 Å². The molecular formula is C14H16FN3O. The molecule has 1 heterocycles. The Kier molecular flexibility index (Phi) is 3.19. The summed E-state index contributed by atoms with van der Waals surface area (Å²) in [7, 11) is 0. The van der Waals surface area contributed by atoms with E-state index in [9.17, 15) is 9.18 Å². The Morgan fingerprint density at radius 3 is 2.95 bits per heavy atom. The molecular weight excluding hydrogens is 245 g/mol. The van der Waals surface area contributed by atoms with E-state index < -0.39 is 5.82 Å². The van der Waals surface area contributed by atoms with E-state index in [1.165, 1.54) is 18.7 Å². The molecule has 5 heteroatoms. The van der Waals surface area contributed by atoms with Crippen molar-refractivity contribution < 1.29 is 9.18 Å². The van der Waals surface area contributed by atoms with Crippen LogP contribution in [0.25, 0.3) is 0 Å². The third kappa shape index (κ3) is 2.75. The van der Waals surface area contributed by atoms with Crippen molar-refractivity contribution in [1.29, 1.82) is 0 Å². The lowest BCUT2D eigenvalue weighted by Crippen LogP contribution is -2.34. The van der Waals surface area contributed by atoms with Gasteiger partial charge >= 0.3 is 6.03 Å². The molecule has 1 fully saturated rings. The van der Waals surface area contributed by atoms with Gasteiger partial charge in [-0.05, 0) is 30.6 Å². The number of rotatable bonds is 3. The number of nitrogens with zero attached hydrogens (tertiary/aromatic N) is 1. The van der Waals surface area contributed by atoms with Crippen molar-refractivity contribution in [1.82, 2.24) is 10.3 Å². The Hall–Kier alpha value is -1.91. The summed E-state index contributed by atoms with van der Waals surface area (Å²) in [5.41, 5.74) is 0.366. The third-order valence-corrected chi connectivity index (χ3v) is 3.90. The van der Waals surface area contributed by atoms with E-state index in [-0.39, 0.29) is 6.03 Å². The summed E-state index contributed by atoms with van der Waals surface area (Å²) < 4.78 is 12.9. The molecule has 4 nitrogen and oxygen atoms in total. The summed E-state index contributed by atoms with van der Waals surface area (Å²) in [6, 6.07) is 0.937. The fourth-order valence-corrected chi connectivity index (χ4v) is 3.01. The Morgan fingerprint density at radius 1 is 1.37 bits per heavy atom. The molecule has 1 saturated carbocycles. The second-order valence-corrected chi connectivity index (χ2v) is 5.27. The molecule has 2 N–H and O–H groups in total. The van der Waals surface area contributed by atoms with Gasteiger partial charge in [0.05, 0.1) is 18.1 Å². The first kappa shape index (κ1) is 12.1. The second-order valence-electron chi connectivity index (χ2n) is 5.27. The van der Waals surface area contributed by atoms with Crippen LogP contribution in [0.5, 0.6) is 0 Å². The summed E-state index contributed by atoms with van der Waals surface area (Å²) in [5.74, 6) is 1.39. The molecule has 3 atom stereocenters. The first-order valence-corrected chi connectivity index (χ1v) is 6.54. The molecule has 0 aromatic carbocycles. The van der Waals surface area contributed by atoms with Gasteiger partial charge in [0, 0.05) is 12.6 Å². The van der Waals surface area contributed by atoms with E-state index in [1.807, 2.05) is 0 Å². The standard InChI is InChI=1S/C14H16FN3O/c15-12-5-13(8-16-7-12)18-14(19)17-6-11-4-9-1-2-10(11)3-9/h1-2,5,7-11H,3-4,6H2,(H2,17,18,19)/t9-,10+,11+/m1/s1. The molecule has 2 amide bonds. The van der Waals surface area contributed by atoms with Crippen LogP contribution in [0.4, 0.5) is 14.9 Å². The number of anilines is 1. The fourth-order valence-electron chi connectivity index (χ4n) is 3.01. The maximum atomic E-state index is 12.9. The highest BCUT2D eigenvalue weighted by atomic mass is 19.1.